The first-order chi connectivity index (χ1) is 53.8. The third-order valence-electron chi connectivity index (χ3n) is 23.8. The van der Waals surface area contributed by atoms with Gasteiger partial charge in [-0.2, -0.15) is 0 Å². The van der Waals surface area contributed by atoms with Crippen molar-refractivity contribution in [1.82, 2.24) is 5.32 Å². The van der Waals surface area contributed by atoms with E-state index in [-0.39, 0.29) is 18.9 Å². The fraction of sp³-hybridized carbons (Fsp3) is 0.967. The van der Waals surface area contributed by atoms with Crippen molar-refractivity contribution in [2.45, 2.75) is 535 Å². The molecule has 0 aromatic carbocycles. The van der Waals surface area contributed by atoms with Gasteiger partial charge in [0, 0.05) is 6.42 Å². The minimum atomic E-state index is -1.98. The summed E-state index contributed by atoms with van der Waals surface area (Å²) in [7, 11) is 0. The molecule has 1 amide bonds. The predicted molar refractivity (Wildman–Crippen MR) is 444 cm³/mol. The molecule has 110 heavy (non-hydrogen) atoms. The summed E-state index contributed by atoms with van der Waals surface area (Å²) in [6, 6.07) is -0.971. The molecule has 3 rings (SSSR count). The fourth-order valence-corrected chi connectivity index (χ4v) is 16.4. The van der Waals surface area contributed by atoms with Gasteiger partial charge < -0.3 is 89.9 Å². The standard InChI is InChI=1S/C91H175NO18/c1-3-5-7-9-11-13-15-17-19-21-23-25-27-29-31-32-33-34-35-36-37-38-39-40-41-43-45-47-49-51-53-55-57-59-61-63-65-67-69-79(97)92-74(75(96)68-66-64-62-60-58-56-54-52-50-48-46-44-42-30-28-26-24-22-20-18-16-14-12-10-8-6-4-2)73-105-89-85(103)82(100)87(77(71-94)107-89)110-91-86(104)83(101)88(78(72-95)108-91)109-90-84(102)81(99)80(98)76(70-93)106-90/h66,68,74-78,80-91,93-96,98-104H,3-65,67,69-73H2,1-2H3,(H,92,97)/b68-66+. The molecule has 0 aliphatic carbocycles. The van der Waals surface area contributed by atoms with Crippen LogP contribution >= 0.6 is 0 Å². The highest BCUT2D eigenvalue weighted by atomic mass is 16.8. The molecule has 0 radical (unpaired) electrons. The number of carbonyl (C=O) groups excluding carboxylic acids is 1. The van der Waals surface area contributed by atoms with Crippen LogP contribution in [0.5, 0.6) is 0 Å². The van der Waals surface area contributed by atoms with Gasteiger partial charge in [0.15, 0.2) is 18.9 Å². The number of hydrogen-bond donors (Lipinski definition) is 12. The average molecular weight is 1570 g/mol. The Labute approximate surface area is 671 Å². The second-order valence-electron chi connectivity index (χ2n) is 33.8. The van der Waals surface area contributed by atoms with Crippen molar-refractivity contribution < 1.29 is 89.4 Å². The molecule has 17 unspecified atom stereocenters. The van der Waals surface area contributed by atoms with Gasteiger partial charge in [-0.15, -0.1) is 0 Å². The molecular weight excluding hydrogens is 1390 g/mol. The lowest BCUT2D eigenvalue weighted by Gasteiger charge is -2.48. The van der Waals surface area contributed by atoms with Crippen LogP contribution in [0, 0.1) is 0 Å². The zero-order valence-corrected chi connectivity index (χ0v) is 70.5. The molecule has 3 aliphatic rings. The molecule has 3 saturated heterocycles. The van der Waals surface area contributed by atoms with Gasteiger partial charge in [-0.25, -0.2) is 0 Å². The number of rotatable bonds is 78. The fourth-order valence-electron chi connectivity index (χ4n) is 16.4. The number of carbonyl (C=O) groups is 1. The first kappa shape index (κ1) is 103. The molecule has 3 heterocycles. The second-order valence-corrected chi connectivity index (χ2v) is 33.8. The number of ether oxygens (including phenoxy) is 6. The summed E-state index contributed by atoms with van der Waals surface area (Å²) in [5.74, 6) is -0.264. The molecule has 12 N–H and O–H groups in total. The van der Waals surface area contributed by atoms with Crippen molar-refractivity contribution in [3.63, 3.8) is 0 Å². The first-order valence-corrected chi connectivity index (χ1v) is 46.9. The zero-order valence-electron chi connectivity index (χ0n) is 70.5. The first-order valence-electron chi connectivity index (χ1n) is 46.9. The van der Waals surface area contributed by atoms with Gasteiger partial charge in [-0.05, 0) is 19.3 Å². The third-order valence-corrected chi connectivity index (χ3v) is 23.8. The number of hydrogen-bond acceptors (Lipinski definition) is 18. The summed E-state index contributed by atoms with van der Waals surface area (Å²) >= 11 is 0. The van der Waals surface area contributed by atoms with Crippen molar-refractivity contribution in [3.8, 4) is 0 Å². The largest absolute Gasteiger partial charge is 0.394 e. The quantitative estimate of drug-likeness (QED) is 0.0199. The Balaban J connectivity index is 1.30. The lowest BCUT2D eigenvalue weighted by Crippen LogP contribution is -2.66. The van der Waals surface area contributed by atoms with Crippen LogP contribution < -0.4 is 5.32 Å². The average Bonchev–Trinajstić information content (AvgIpc) is 0.780. The third kappa shape index (κ3) is 49.7. The summed E-state index contributed by atoms with van der Waals surface area (Å²) in [5.41, 5.74) is 0. The van der Waals surface area contributed by atoms with Crippen molar-refractivity contribution >= 4 is 5.91 Å². The number of allylic oxidation sites excluding steroid dienone is 1. The molecule has 17 atom stereocenters. The minimum absolute atomic E-state index is 0.251. The van der Waals surface area contributed by atoms with E-state index in [0.717, 1.165) is 44.9 Å². The van der Waals surface area contributed by atoms with Crippen molar-refractivity contribution in [1.29, 1.82) is 0 Å². The monoisotopic (exact) mass is 1570 g/mol. The molecule has 19 heteroatoms. The molecule has 0 spiro atoms. The summed E-state index contributed by atoms with van der Waals surface area (Å²) in [6.07, 6.45) is 62.4. The van der Waals surface area contributed by atoms with E-state index in [1.54, 1.807) is 6.08 Å². The highest BCUT2D eigenvalue weighted by molar-refractivity contribution is 5.76. The van der Waals surface area contributed by atoms with E-state index < -0.39 is 124 Å². The lowest BCUT2D eigenvalue weighted by molar-refractivity contribution is -0.379. The Morgan fingerprint density at radius 1 is 0.318 bits per heavy atom. The molecule has 0 bridgehead atoms. The zero-order chi connectivity index (χ0) is 79.5. The Bertz CT molecular complexity index is 2030. The summed E-state index contributed by atoms with van der Waals surface area (Å²) in [6.45, 7) is 1.82. The Morgan fingerprint density at radius 2 is 0.564 bits per heavy atom. The number of unbranched alkanes of at least 4 members (excludes halogenated alkanes) is 62. The van der Waals surface area contributed by atoms with Crippen LogP contribution in [-0.4, -0.2) is 193 Å². The van der Waals surface area contributed by atoms with E-state index in [0.29, 0.717) is 6.42 Å². The van der Waals surface area contributed by atoms with Crippen LogP contribution in [0.1, 0.15) is 431 Å². The van der Waals surface area contributed by atoms with E-state index in [4.69, 9.17) is 28.4 Å². The molecule has 19 nitrogen and oxygen atoms in total. The van der Waals surface area contributed by atoms with Crippen LogP contribution in [0.25, 0.3) is 0 Å². The maximum absolute atomic E-state index is 13.5. The van der Waals surface area contributed by atoms with Crippen LogP contribution in [-0.2, 0) is 33.2 Å². The van der Waals surface area contributed by atoms with Crippen molar-refractivity contribution in [2.75, 3.05) is 26.4 Å². The lowest BCUT2D eigenvalue weighted by atomic mass is 9.96. The minimum Gasteiger partial charge on any atom is -0.394 e. The number of aliphatic hydroxyl groups excluding tert-OH is 11. The van der Waals surface area contributed by atoms with Gasteiger partial charge >= 0.3 is 0 Å². The van der Waals surface area contributed by atoms with Gasteiger partial charge in [0.1, 0.15) is 73.2 Å². The molecule has 0 aromatic rings. The maximum Gasteiger partial charge on any atom is 0.220 e. The van der Waals surface area contributed by atoms with Crippen LogP contribution in [0.4, 0.5) is 0 Å². The Morgan fingerprint density at radius 3 is 0.855 bits per heavy atom. The predicted octanol–water partition coefficient (Wildman–Crippen LogP) is 18.2. The van der Waals surface area contributed by atoms with Crippen LogP contribution in [0.2, 0.25) is 0 Å². The van der Waals surface area contributed by atoms with E-state index in [1.165, 1.54) is 360 Å². The molecule has 3 fully saturated rings. The maximum atomic E-state index is 13.5. The van der Waals surface area contributed by atoms with Gasteiger partial charge in [-0.3, -0.25) is 4.79 Å². The smallest absolute Gasteiger partial charge is 0.220 e. The van der Waals surface area contributed by atoms with Crippen molar-refractivity contribution in [3.05, 3.63) is 12.2 Å². The SMILES string of the molecule is CCCCCCCCCCCCCCCCCCCCCCCCCCC/C=C/C(O)C(COC1OC(CO)C(OC2OC(CO)C(OC3OC(CO)C(O)C(O)C3O)C(O)C2O)C(O)C1O)NC(=O)CCCCCCCCCCCCCCCCCCCCCCCCCCCCCCCCCCCCCCCC. The Kier molecular flexibility index (Phi) is 66.9. The van der Waals surface area contributed by atoms with Crippen LogP contribution in [0.15, 0.2) is 12.2 Å². The summed E-state index contributed by atoms with van der Waals surface area (Å²) in [4.78, 5) is 13.5. The van der Waals surface area contributed by atoms with E-state index >= 15 is 0 Å². The van der Waals surface area contributed by atoms with E-state index in [9.17, 15) is 61.0 Å². The second kappa shape index (κ2) is 71.6. The molecule has 652 valence electrons. The van der Waals surface area contributed by atoms with Gasteiger partial charge in [-0.1, -0.05) is 418 Å². The summed E-state index contributed by atoms with van der Waals surface area (Å²) < 4.78 is 34.6. The van der Waals surface area contributed by atoms with E-state index in [2.05, 4.69) is 19.2 Å². The Hall–Kier alpha value is -1.47. The normalized spacial score (nSPS) is 25.1. The van der Waals surface area contributed by atoms with Gasteiger partial charge in [0.2, 0.25) is 5.91 Å². The summed E-state index contributed by atoms with van der Waals surface area (Å²) in [5, 5.41) is 121. The number of nitrogens with one attached hydrogen (secondary N) is 1. The highest BCUT2D eigenvalue weighted by Crippen LogP contribution is 2.34. The molecular formula is C91H175NO18. The molecule has 0 saturated carbocycles. The van der Waals surface area contributed by atoms with E-state index in [1.807, 2.05) is 6.08 Å². The van der Waals surface area contributed by atoms with Gasteiger partial charge in [0.25, 0.3) is 0 Å². The molecule has 3 aliphatic heterocycles. The highest BCUT2D eigenvalue weighted by Gasteiger charge is 2.54. The van der Waals surface area contributed by atoms with Crippen molar-refractivity contribution in [2.24, 2.45) is 0 Å². The van der Waals surface area contributed by atoms with Crippen LogP contribution in [0.3, 0.4) is 0 Å². The number of aliphatic hydroxyl groups is 11. The number of amides is 1. The molecule has 0 aromatic heterocycles. The topological polar surface area (TPSA) is 307 Å². The van der Waals surface area contributed by atoms with Gasteiger partial charge in [0.05, 0.1) is 38.6 Å².